The monoisotopic (exact) mass is 416 g/mol. The second kappa shape index (κ2) is 10.4. The van der Waals surface area contributed by atoms with Crippen LogP contribution < -0.4 is 4.43 Å². The summed E-state index contributed by atoms with van der Waals surface area (Å²) in [5, 5.41) is 0.198. The fourth-order valence-corrected chi connectivity index (χ4v) is 3.03. The molecule has 0 saturated heterocycles. The van der Waals surface area contributed by atoms with Crippen LogP contribution in [0.1, 0.15) is 31.9 Å². The van der Waals surface area contributed by atoms with Gasteiger partial charge in [-0.15, -0.1) is 17.6 Å². The number of hydrogen-bond donors (Lipinski definition) is 0. The maximum atomic E-state index is 6.32. The summed E-state index contributed by atoms with van der Waals surface area (Å²) in [5.74, 6) is 7.29. The fourth-order valence-electron chi connectivity index (χ4n) is 2.01. The molecule has 0 atom stereocenters. The molecule has 0 spiro atoms. The second-order valence-electron chi connectivity index (χ2n) is 7.78. The van der Waals surface area contributed by atoms with E-state index < -0.39 is 8.32 Å². The third-order valence-electron chi connectivity index (χ3n) is 4.58. The van der Waals surface area contributed by atoms with Gasteiger partial charge in [0, 0.05) is 5.56 Å². The van der Waals surface area contributed by atoms with Gasteiger partial charge in [0.1, 0.15) is 5.75 Å². The Morgan fingerprint density at radius 1 is 0.889 bits per heavy atom. The molecule has 27 heavy (non-hydrogen) atoms. The first kappa shape index (κ1) is 23.1. The Hall–Kier alpha value is -1.98. The molecule has 0 unspecified atom stereocenters. The van der Waals surface area contributed by atoms with Gasteiger partial charge in [0.2, 0.25) is 8.32 Å². The van der Waals surface area contributed by atoms with Gasteiger partial charge in [0.25, 0.3) is 0 Å². The molecule has 0 heterocycles. The molecule has 0 aliphatic carbocycles. The maximum absolute atomic E-state index is 6.32. The standard InChI is InChI=1S/C19H23OSi.C5H5.Fe/c1-19(2,3)21(4,5)20-18-12-8-11-17(15-18)14-13-16-9-6-7-10-16;1-2-4-5-3-1;/h6-12,15H,1-5H3;1-5H;/q2*-1;+2. The van der Waals surface area contributed by atoms with Crippen LogP contribution in [0.25, 0.3) is 0 Å². The molecule has 0 aliphatic heterocycles. The Labute approximate surface area is 176 Å². The summed E-state index contributed by atoms with van der Waals surface area (Å²) < 4.78 is 6.32. The Morgan fingerprint density at radius 2 is 1.59 bits per heavy atom. The Morgan fingerprint density at radius 3 is 2.11 bits per heavy atom. The molecule has 0 aromatic heterocycles. The molecule has 3 heteroatoms. The van der Waals surface area contributed by atoms with E-state index in [9.17, 15) is 0 Å². The van der Waals surface area contributed by atoms with Gasteiger partial charge in [0.05, 0.1) is 0 Å². The minimum absolute atomic E-state index is 0. The Bertz CT molecular complexity index is 811. The van der Waals surface area contributed by atoms with Crippen LogP contribution in [0.15, 0.2) is 78.9 Å². The number of rotatable bonds is 2. The van der Waals surface area contributed by atoms with Crippen molar-refractivity contribution in [3.8, 4) is 17.6 Å². The topological polar surface area (TPSA) is 9.23 Å². The van der Waals surface area contributed by atoms with Crippen molar-refractivity contribution in [1.29, 1.82) is 0 Å². The zero-order valence-corrected chi connectivity index (χ0v) is 18.9. The van der Waals surface area contributed by atoms with E-state index >= 15 is 0 Å². The van der Waals surface area contributed by atoms with Crippen LogP contribution in [0.2, 0.25) is 18.1 Å². The van der Waals surface area contributed by atoms with Gasteiger partial charge < -0.3 is 4.43 Å². The quantitative estimate of drug-likeness (QED) is 0.260. The van der Waals surface area contributed by atoms with Crippen LogP contribution in [-0.4, -0.2) is 8.32 Å². The molecule has 0 saturated carbocycles. The molecule has 0 amide bonds. The first-order valence-corrected chi connectivity index (χ1v) is 11.9. The zero-order chi connectivity index (χ0) is 19.0. The Kier molecular flexibility index (Phi) is 8.86. The van der Waals surface area contributed by atoms with Gasteiger partial charge >= 0.3 is 17.1 Å². The van der Waals surface area contributed by atoms with E-state index in [1.54, 1.807) is 0 Å². The molecule has 0 radical (unpaired) electrons. The molecule has 0 N–H and O–H groups in total. The summed E-state index contributed by atoms with van der Waals surface area (Å²) in [6, 6.07) is 26.1. The van der Waals surface area contributed by atoms with Crippen molar-refractivity contribution >= 4 is 8.32 Å². The summed E-state index contributed by atoms with van der Waals surface area (Å²) >= 11 is 0. The summed E-state index contributed by atoms with van der Waals surface area (Å²) in [5.41, 5.74) is 2.04. The van der Waals surface area contributed by atoms with Crippen molar-refractivity contribution in [3.63, 3.8) is 0 Å². The first-order valence-electron chi connectivity index (χ1n) is 8.97. The third-order valence-corrected chi connectivity index (χ3v) is 8.94. The van der Waals surface area contributed by atoms with Crippen LogP contribution in [0, 0.1) is 11.8 Å². The third kappa shape index (κ3) is 7.65. The molecule has 3 aromatic carbocycles. The van der Waals surface area contributed by atoms with E-state index in [0.29, 0.717) is 0 Å². The van der Waals surface area contributed by atoms with E-state index in [-0.39, 0.29) is 22.1 Å². The van der Waals surface area contributed by atoms with Crippen LogP contribution in [-0.2, 0) is 17.1 Å². The molecule has 3 aromatic rings. The molecular formula is C24H28FeOSi. The van der Waals surface area contributed by atoms with Crippen molar-refractivity contribution in [2.24, 2.45) is 0 Å². The van der Waals surface area contributed by atoms with E-state index in [0.717, 1.165) is 16.9 Å². The van der Waals surface area contributed by atoms with E-state index in [2.05, 4.69) is 45.7 Å². The molecule has 3 rings (SSSR count). The van der Waals surface area contributed by atoms with Crippen LogP contribution in [0.5, 0.6) is 5.75 Å². The van der Waals surface area contributed by atoms with Crippen molar-refractivity contribution in [1.82, 2.24) is 0 Å². The molecule has 1 nitrogen and oxygen atoms in total. The minimum atomic E-state index is -1.79. The fraction of sp³-hybridized carbons (Fsp3) is 0.250. The summed E-state index contributed by atoms with van der Waals surface area (Å²) in [6.07, 6.45) is 0. The van der Waals surface area contributed by atoms with Crippen molar-refractivity contribution in [3.05, 3.63) is 90.0 Å². The van der Waals surface area contributed by atoms with Crippen molar-refractivity contribution in [2.45, 2.75) is 38.9 Å². The van der Waals surface area contributed by atoms with Gasteiger partial charge in [0.15, 0.2) is 0 Å². The van der Waals surface area contributed by atoms with E-state index in [1.165, 1.54) is 0 Å². The van der Waals surface area contributed by atoms with Gasteiger partial charge in [-0.2, -0.15) is 42.3 Å². The molecule has 142 valence electrons. The summed E-state index contributed by atoms with van der Waals surface area (Å²) in [7, 11) is -1.79. The van der Waals surface area contributed by atoms with Gasteiger partial charge in [-0.25, -0.2) is 12.1 Å². The van der Waals surface area contributed by atoms with Crippen LogP contribution in [0.4, 0.5) is 0 Å². The van der Waals surface area contributed by atoms with Crippen LogP contribution >= 0.6 is 0 Å². The minimum Gasteiger partial charge on any atom is -0.543 e. The summed E-state index contributed by atoms with van der Waals surface area (Å²) in [6.45, 7) is 11.3. The predicted octanol–water partition coefficient (Wildman–Crippen LogP) is 6.59. The molecule has 0 aliphatic rings. The van der Waals surface area contributed by atoms with Crippen LogP contribution in [0.3, 0.4) is 0 Å². The van der Waals surface area contributed by atoms with Gasteiger partial charge in [-0.05, 0) is 36.3 Å². The first-order chi connectivity index (χ1) is 12.3. The van der Waals surface area contributed by atoms with E-state index in [1.807, 2.05) is 78.9 Å². The number of benzene rings is 1. The maximum Gasteiger partial charge on any atom is 2.00 e. The average Bonchev–Trinajstić information content (AvgIpc) is 3.28. The van der Waals surface area contributed by atoms with Gasteiger partial charge in [-0.1, -0.05) is 26.8 Å². The summed E-state index contributed by atoms with van der Waals surface area (Å²) in [4.78, 5) is 0. The molecule has 0 bridgehead atoms. The predicted molar refractivity (Wildman–Crippen MR) is 114 cm³/mol. The van der Waals surface area contributed by atoms with Crippen molar-refractivity contribution in [2.75, 3.05) is 0 Å². The SMILES string of the molecule is CC(C)(C)[Si](C)(C)Oc1cccc(C#Cc2ccc[cH-]2)c1.[Fe+2].c1cc[cH-]c1. The molecular weight excluding hydrogens is 388 g/mol. The largest absolute Gasteiger partial charge is 2.00 e. The van der Waals surface area contributed by atoms with E-state index in [4.69, 9.17) is 4.43 Å². The molecule has 0 fully saturated rings. The number of hydrogen-bond acceptors (Lipinski definition) is 1. The smallest absolute Gasteiger partial charge is 0.543 e. The zero-order valence-electron chi connectivity index (χ0n) is 16.8. The average molecular weight is 416 g/mol. The normalized spacial score (nSPS) is 10.6. The van der Waals surface area contributed by atoms with Crippen molar-refractivity contribution < 1.29 is 21.5 Å². The van der Waals surface area contributed by atoms with Gasteiger partial charge in [-0.3, -0.25) is 0 Å². The second-order valence-corrected chi connectivity index (χ2v) is 12.5. The Balaban J connectivity index is 0.000000526.